The van der Waals surface area contributed by atoms with Crippen molar-refractivity contribution in [2.24, 2.45) is 5.92 Å². The highest BCUT2D eigenvalue weighted by Gasteiger charge is 2.27. The number of piperidine rings is 1. The van der Waals surface area contributed by atoms with E-state index in [9.17, 15) is 4.79 Å². The molecule has 0 unspecified atom stereocenters. The van der Waals surface area contributed by atoms with Gasteiger partial charge >= 0.3 is 5.97 Å². The lowest BCUT2D eigenvalue weighted by Gasteiger charge is -2.30. The molecule has 1 saturated heterocycles. The molecule has 4 N–H and O–H groups in total. The number of hydrogen-bond acceptors (Lipinski definition) is 8. The number of carbonyl (C=O) groups is 1. The van der Waals surface area contributed by atoms with Crippen LogP contribution in [-0.4, -0.2) is 45.5 Å². The lowest BCUT2D eigenvalue weighted by Crippen LogP contribution is -2.39. The maximum Gasteiger partial charge on any atom is 0.310 e. The number of nitrogen functional groups attached to an aromatic ring is 2. The van der Waals surface area contributed by atoms with E-state index in [4.69, 9.17) is 16.2 Å². The van der Waals surface area contributed by atoms with Crippen LogP contribution in [0.25, 0.3) is 0 Å². The van der Waals surface area contributed by atoms with Crippen molar-refractivity contribution in [2.45, 2.75) is 26.3 Å². The third kappa shape index (κ3) is 3.77. The minimum atomic E-state index is -0.133. The van der Waals surface area contributed by atoms with Crippen LogP contribution in [0.2, 0.25) is 0 Å². The van der Waals surface area contributed by atoms with Gasteiger partial charge in [-0.05, 0) is 26.3 Å². The van der Waals surface area contributed by atoms with Crippen LogP contribution < -0.4 is 11.5 Å². The molecule has 2 heterocycles. The van der Waals surface area contributed by atoms with Crippen LogP contribution >= 0.6 is 0 Å². The number of carbonyl (C=O) groups excluding carboxylic acids is 1. The molecular formula is C12H20N6O2. The Hall–Kier alpha value is -1.96. The highest BCUT2D eigenvalue weighted by atomic mass is 16.5. The Bertz CT molecular complexity index is 461. The van der Waals surface area contributed by atoms with Gasteiger partial charge < -0.3 is 16.2 Å². The molecule has 1 aromatic heterocycles. The molecule has 0 saturated carbocycles. The first kappa shape index (κ1) is 14.4. The van der Waals surface area contributed by atoms with Gasteiger partial charge in [0.1, 0.15) is 5.82 Å². The van der Waals surface area contributed by atoms with Gasteiger partial charge in [0.15, 0.2) is 0 Å². The summed E-state index contributed by atoms with van der Waals surface area (Å²) in [5, 5.41) is 0. The number of rotatable bonds is 4. The Morgan fingerprint density at radius 2 is 2.05 bits per heavy atom. The summed E-state index contributed by atoms with van der Waals surface area (Å²) in [6, 6.07) is 0. The largest absolute Gasteiger partial charge is 0.466 e. The van der Waals surface area contributed by atoms with Crippen molar-refractivity contribution in [1.82, 2.24) is 19.9 Å². The molecule has 0 bridgehead atoms. The smallest absolute Gasteiger partial charge is 0.310 e. The van der Waals surface area contributed by atoms with Crippen molar-refractivity contribution in [3.05, 3.63) is 5.82 Å². The number of likely N-dealkylation sites (tertiary alicyclic amines) is 1. The number of aromatic nitrogens is 3. The van der Waals surface area contributed by atoms with Crippen LogP contribution in [0.15, 0.2) is 0 Å². The summed E-state index contributed by atoms with van der Waals surface area (Å²) in [4.78, 5) is 25.7. The first-order chi connectivity index (χ1) is 9.58. The minimum Gasteiger partial charge on any atom is -0.466 e. The van der Waals surface area contributed by atoms with Crippen molar-refractivity contribution in [2.75, 3.05) is 31.2 Å². The Balaban J connectivity index is 1.97. The lowest BCUT2D eigenvalue weighted by atomic mass is 9.98. The van der Waals surface area contributed by atoms with Crippen LogP contribution in [0.5, 0.6) is 0 Å². The van der Waals surface area contributed by atoms with E-state index in [1.54, 1.807) is 0 Å². The van der Waals surface area contributed by atoms with Crippen molar-refractivity contribution in [1.29, 1.82) is 0 Å². The van der Waals surface area contributed by atoms with Gasteiger partial charge in [0.05, 0.1) is 19.1 Å². The van der Waals surface area contributed by atoms with Gasteiger partial charge in [-0.25, -0.2) is 0 Å². The van der Waals surface area contributed by atoms with E-state index in [-0.39, 0.29) is 23.8 Å². The highest BCUT2D eigenvalue weighted by molar-refractivity contribution is 5.72. The molecule has 1 aliphatic rings. The van der Waals surface area contributed by atoms with Gasteiger partial charge in [-0.2, -0.15) is 15.0 Å². The Morgan fingerprint density at radius 1 is 1.35 bits per heavy atom. The predicted octanol–water partition coefficient (Wildman–Crippen LogP) is -0.189. The second-order valence-electron chi connectivity index (χ2n) is 4.79. The monoisotopic (exact) mass is 280 g/mol. The number of anilines is 2. The van der Waals surface area contributed by atoms with Crippen molar-refractivity contribution < 1.29 is 9.53 Å². The fraction of sp³-hybridized carbons (Fsp3) is 0.667. The molecule has 0 amide bonds. The first-order valence-corrected chi connectivity index (χ1v) is 6.73. The predicted molar refractivity (Wildman–Crippen MR) is 73.3 cm³/mol. The van der Waals surface area contributed by atoms with E-state index < -0.39 is 0 Å². The average Bonchev–Trinajstić information content (AvgIpc) is 2.38. The van der Waals surface area contributed by atoms with Gasteiger partial charge in [0, 0.05) is 6.54 Å². The van der Waals surface area contributed by atoms with E-state index in [1.165, 1.54) is 0 Å². The van der Waals surface area contributed by atoms with E-state index in [0.29, 0.717) is 25.5 Å². The minimum absolute atomic E-state index is 0.0831. The van der Waals surface area contributed by atoms with Crippen molar-refractivity contribution in [3.63, 3.8) is 0 Å². The van der Waals surface area contributed by atoms with Gasteiger partial charge in [-0.1, -0.05) is 0 Å². The fourth-order valence-electron chi connectivity index (χ4n) is 2.38. The maximum atomic E-state index is 11.8. The Morgan fingerprint density at radius 3 is 2.70 bits per heavy atom. The number of nitrogens with zero attached hydrogens (tertiary/aromatic N) is 4. The van der Waals surface area contributed by atoms with Crippen molar-refractivity contribution in [3.8, 4) is 0 Å². The molecule has 110 valence electrons. The zero-order valence-electron chi connectivity index (χ0n) is 11.6. The topological polar surface area (TPSA) is 120 Å². The van der Waals surface area contributed by atoms with Crippen LogP contribution in [0.1, 0.15) is 25.6 Å². The quantitative estimate of drug-likeness (QED) is 0.728. The molecule has 2 rings (SSSR count). The van der Waals surface area contributed by atoms with E-state index >= 15 is 0 Å². The molecule has 0 aromatic carbocycles. The molecule has 1 aromatic rings. The number of esters is 1. The van der Waals surface area contributed by atoms with Crippen molar-refractivity contribution >= 4 is 17.9 Å². The standard InChI is InChI=1S/C12H20N6O2/c1-2-20-10(19)8-4-3-5-18(6-8)7-9-15-11(13)17-12(14)16-9/h8H,2-7H2,1H3,(H4,13,14,15,16,17)/t8-/m1/s1. The number of ether oxygens (including phenoxy) is 1. The fourth-order valence-corrected chi connectivity index (χ4v) is 2.38. The molecule has 20 heavy (non-hydrogen) atoms. The molecule has 1 fully saturated rings. The lowest BCUT2D eigenvalue weighted by molar-refractivity contribution is -0.150. The molecule has 1 aliphatic heterocycles. The van der Waals surface area contributed by atoms with E-state index in [2.05, 4.69) is 19.9 Å². The summed E-state index contributed by atoms with van der Waals surface area (Å²) in [5.41, 5.74) is 11.1. The van der Waals surface area contributed by atoms with Crippen LogP contribution in [0.4, 0.5) is 11.9 Å². The summed E-state index contributed by atoms with van der Waals surface area (Å²) < 4.78 is 5.07. The molecule has 8 nitrogen and oxygen atoms in total. The zero-order valence-corrected chi connectivity index (χ0v) is 11.6. The second kappa shape index (κ2) is 6.47. The molecule has 8 heteroatoms. The van der Waals surface area contributed by atoms with Gasteiger partial charge in [0.25, 0.3) is 0 Å². The van der Waals surface area contributed by atoms with E-state index in [1.807, 2.05) is 6.92 Å². The third-order valence-electron chi connectivity index (χ3n) is 3.21. The van der Waals surface area contributed by atoms with Crippen LogP contribution in [-0.2, 0) is 16.1 Å². The first-order valence-electron chi connectivity index (χ1n) is 6.73. The molecular weight excluding hydrogens is 260 g/mol. The van der Waals surface area contributed by atoms with E-state index in [0.717, 1.165) is 19.4 Å². The Labute approximate surface area is 117 Å². The SMILES string of the molecule is CCOC(=O)[C@@H]1CCCN(Cc2nc(N)nc(N)n2)C1. The van der Waals surface area contributed by atoms with Crippen LogP contribution in [0.3, 0.4) is 0 Å². The van der Waals surface area contributed by atoms with Gasteiger partial charge in [-0.3, -0.25) is 9.69 Å². The molecule has 0 spiro atoms. The summed E-state index contributed by atoms with van der Waals surface area (Å²) in [6.07, 6.45) is 1.80. The number of hydrogen-bond donors (Lipinski definition) is 2. The third-order valence-corrected chi connectivity index (χ3v) is 3.21. The van der Waals surface area contributed by atoms with Crippen LogP contribution in [0, 0.1) is 5.92 Å². The van der Waals surface area contributed by atoms with Gasteiger partial charge in [-0.15, -0.1) is 0 Å². The summed E-state index contributed by atoms with van der Waals surface area (Å²) in [7, 11) is 0. The highest BCUT2D eigenvalue weighted by Crippen LogP contribution is 2.19. The maximum absolute atomic E-state index is 11.8. The molecule has 1 atom stereocenters. The number of nitrogens with two attached hydrogens (primary N) is 2. The Kier molecular flexibility index (Phi) is 4.67. The molecule has 0 aliphatic carbocycles. The summed E-state index contributed by atoms with van der Waals surface area (Å²) >= 11 is 0. The molecule has 0 radical (unpaired) electrons. The second-order valence-corrected chi connectivity index (χ2v) is 4.79. The van der Waals surface area contributed by atoms with Gasteiger partial charge in [0.2, 0.25) is 11.9 Å². The summed E-state index contributed by atoms with van der Waals surface area (Å²) in [5.74, 6) is 0.546. The zero-order chi connectivity index (χ0) is 14.5. The average molecular weight is 280 g/mol. The summed E-state index contributed by atoms with van der Waals surface area (Å²) in [6.45, 7) is 4.27. The normalized spacial score (nSPS) is 19.8.